The van der Waals surface area contributed by atoms with Crippen LogP contribution in [0.5, 0.6) is 0 Å². The van der Waals surface area contributed by atoms with Crippen LogP contribution in [0.2, 0.25) is 0 Å². The molecule has 0 saturated carbocycles. The summed E-state index contributed by atoms with van der Waals surface area (Å²) in [5, 5.41) is 0. The summed E-state index contributed by atoms with van der Waals surface area (Å²) < 4.78 is 29.2. The highest BCUT2D eigenvalue weighted by Crippen LogP contribution is 2.43. The Hall–Kier alpha value is -0.200. The average molecular weight is 244 g/mol. The molecule has 5 nitrogen and oxygen atoms in total. The van der Waals surface area contributed by atoms with E-state index in [0.29, 0.717) is 0 Å². The van der Waals surface area contributed by atoms with Crippen molar-refractivity contribution in [3.63, 3.8) is 0 Å². The van der Waals surface area contributed by atoms with E-state index in [-0.39, 0.29) is 30.7 Å². The molecule has 17 heavy (non-hydrogen) atoms. The van der Waals surface area contributed by atoms with Crippen LogP contribution in [0.15, 0.2) is 0 Å². The number of rotatable bonds is 0. The first-order valence-corrected chi connectivity index (χ1v) is 6.14. The van der Waals surface area contributed by atoms with Crippen LogP contribution < -0.4 is 0 Å². The van der Waals surface area contributed by atoms with Crippen LogP contribution >= 0.6 is 0 Å². The average Bonchev–Trinajstić information content (AvgIpc) is 2.62. The molecule has 0 aromatic heterocycles. The molecule has 3 fully saturated rings. The Kier molecular flexibility index (Phi) is 2.39. The van der Waals surface area contributed by atoms with Gasteiger partial charge in [0.05, 0.1) is 6.10 Å². The van der Waals surface area contributed by atoms with Gasteiger partial charge >= 0.3 is 0 Å². The molecule has 98 valence electrons. The maximum atomic E-state index is 5.92. The molecule has 3 saturated heterocycles. The molecular weight excluding hydrogens is 224 g/mol. The maximum Gasteiger partial charge on any atom is 0.190 e. The van der Waals surface area contributed by atoms with Gasteiger partial charge in [-0.15, -0.1) is 0 Å². The molecule has 0 radical (unpaired) electrons. The molecule has 2 unspecified atom stereocenters. The summed E-state index contributed by atoms with van der Waals surface area (Å²) in [6.45, 7) is 9.57. The van der Waals surface area contributed by atoms with Crippen molar-refractivity contribution in [2.75, 3.05) is 0 Å². The lowest BCUT2D eigenvalue weighted by atomic mass is 10.0. The molecule has 0 bridgehead atoms. The van der Waals surface area contributed by atoms with Crippen molar-refractivity contribution in [2.24, 2.45) is 0 Å². The van der Waals surface area contributed by atoms with E-state index in [9.17, 15) is 0 Å². The Morgan fingerprint density at radius 3 is 1.94 bits per heavy atom. The van der Waals surface area contributed by atoms with Gasteiger partial charge in [-0.1, -0.05) is 0 Å². The zero-order valence-electron chi connectivity index (χ0n) is 10.9. The highest BCUT2D eigenvalue weighted by Gasteiger charge is 2.59. The summed E-state index contributed by atoms with van der Waals surface area (Å²) in [5.74, 6) is -1.21. The third-order valence-electron chi connectivity index (χ3n) is 3.39. The second-order valence-electron chi connectivity index (χ2n) is 5.87. The molecule has 0 aromatic carbocycles. The molecule has 0 aromatic rings. The van der Waals surface area contributed by atoms with Crippen LogP contribution in [0, 0.1) is 0 Å². The van der Waals surface area contributed by atoms with Gasteiger partial charge in [-0.3, -0.25) is 0 Å². The summed E-state index contributed by atoms with van der Waals surface area (Å²) in [6, 6.07) is 0. The van der Waals surface area contributed by atoms with Crippen molar-refractivity contribution >= 4 is 0 Å². The summed E-state index contributed by atoms with van der Waals surface area (Å²) in [5.41, 5.74) is 0. The lowest BCUT2D eigenvalue weighted by Gasteiger charge is -2.35. The zero-order chi connectivity index (χ0) is 12.4. The highest BCUT2D eigenvalue weighted by atomic mass is 16.9. The van der Waals surface area contributed by atoms with E-state index in [2.05, 4.69) is 0 Å². The van der Waals surface area contributed by atoms with Crippen LogP contribution in [-0.4, -0.2) is 42.3 Å². The molecule has 0 amide bonds. The fourth-order valence-electron chi connectivity index (χ4n) is 2.81. The Bertz CT molecular complexity index is 327. The first kappa shape index (κ1) is 11.9. The fourth-order valence-corrected chi connectivity index (χ4v) is 2.81. The number of hydrogen-bond acceptors (Lipinski definition) is 5. The number of hydrogen-bond donors (Lipinski definition) is 0. The predicted molar refractivity (Wildman–Crippen MR) is 58.2 cm³/mol. The maximum absolute atomic E-state index is 5.92. The van der Waals surface area contributed by atoms with Gasteiger partial charge < -0.3 is 23.7 Å². The van der Waals surface area contributed by atoms with Gasteiger partial charge in [0.25, 0.3) is 0 Å². The van der Waals surface area contributed by atoms with Crippen molar-refractivity contribution in [3.05, 3.63) is 0 Å². The first-order chi connectivity index (χ1) is 7.77. The van der Waals surface area contributed by atoms with Crippen molar-refractivity contribution in [1.29, 1.82) is 0 Å². The Labute approximate surface area is 101 Å². The van der Waals surface area contributed by atoms with Gasteiger partial charge in [0.2, 0.25) is 0 Å². The summed E-state index contributed by atoms with van der Waals surface area (Å²) in [6.07, 6.45) is -0.850. The Morgan fingerprint density at radius 2 is 1.24 bits per heavy atom. The minimum absolute atomic E-state index is 0.0551. The lowest BCUT2D eigenvalue weighted by Crippen LogP contribution is -2.53. The SMILES string of the molecule is CC1O[C@H]2OC(C)(C)OC2[C@H]2OC(C)(C)O[C@H]12. The van der Waals surface area contributed by atoms with Crippen molar-refractivity contribution in [1.82, 2.24) is 0 Å². The van der Waals surface area contributed by atoms with Gasteiger partial charge in [0.1, 0.15) is 18.3 Å². The molecule has 5 atom stereocenters. The van der Waals surface area contributed by atoms with Crippen molar-refractivity contribution < 1.29 is 23.7 Å². The third-order valence-corrected chi connectivity index (χ3v) is 3.39. The lowest BCUT2D eigenvalue weighted by molar-refractivity contribution is -0.229. The van der Waals surface area contributed by atoms with Crippen LogP contribution in [0.4, 0.5) is 0 Å². The second-order valence-corrected chi connectivity index (χ2v) is 5.87. The molecule has 0 spiro atoms. The smallest absolute Gasteiger partial charge is 0.190 e. The predicted octanol–water partition coefficient (Wildman–Crippen LogP) is 1.40. The summed E-state index contributed by atoms with van der Waals surface area (Å²) in [4.78, 5) is 0. The van der Waals surface area contributed by atoms with E-state index in [1.54, 1.807) is 0 Å². The van der Waals surface area contributed by atoms with E-state index >= 15 is 0 Å². The first-order valence-electron chi connectivity index (χ1n) is 6.14. The molecular formula is C12H20O5. The quantitative estimate of drug-likeness (QED) is 0.644. The van der Waals surface area contributed by atoms with Crippen LogP contribution in [0.25, 0.3) is 0 Å². The van der Waals surface area contributed by atoms with Crippen molar-refractivity contribution in [3.8, 4) is 0 Å². The van der Waals surface area contributed by atoms with Crippen LogP contribution in [-0.2, 0) is 23.7 Å². The fraction of sp³-hybridized carbons (Fsp3) is 1.00. The van der Waals surface area contributed by atoms with Crippen LogP contribution in [0.3, 0.4) is 0 Å². The molecule has 0 aliphatic carbocycles. The normalized spacial score (nSPS) is 51.0. The molecule has 3 aliphatic heterocycles. The molecule has 3 aliphatic rings. The summed E-state index contributed by atoms with van der Waals surface area (Å²) >= 11 is 0. The minimum atomic E-state index is -0.625. The topological polar surface area (TPSA) is 46.2 Å². The van der Waals surface area contributed by atoms with Gasteiger partial charge in [0.15, 0.2) is 17.9 Å². The Balaban J connectivity index is 1.86. The number of ether oxygens (including phenoxy) is 5. The van der Waals surface area contributed by atoms with E-state index in [0.717, 1.165) is 0 Å². The highest BCUT2D eigenvalue weighted by molar-refractivity contribution is 4.98. The minimum Gasteiger partial charge on any atom is -0.344 e. The van der Waals surface area contributed by atoms with E-state index in [1.807, 2.05) is 34.6 Å². The molecule has 0 N–H and O–H groups in total. The van der Waals surface area contributed by atoms with Gasteiger partial charge in [-0.05, 0) is 34.6 Å². The largest absolute Gasteiger partial charge is 0.344 e. The third kappa shape index (κ3) is 1.90. The zero-order valence-corrected chi connectivity index (χ0v) is 10.9. The van der Waals surface area contributed by atoms with E-state index < -0.39 is 11.6 Å². The van der Waals surface area contributed by atoms with Crippen molar-refractivity contribution in [2.45, 2.75) is 76.9 Å². The van der Waals surface area contributed by atoms with E-state index in [1.165, 1.54) is 0 Å². The van der Waals surface area contributed by atoms with Gasteiger partial charge in [0, 0.05) is 0 Å². The molecule has 5 heteroatoms. The summed E-state index contributed by atoms with van der Waals surface area (Å²) in [7, 11) is 0. The monoisotopic (exact) mass is 244 g/mol. The Morgan fingerprint density at radius 1 is 0.706 bits per heavy atom. The standard InChI is InChI=1S/C12H20O5/c1-6-7-8(15-11(2,3)14-7)9-10(13-6)17-12(4,5)16-9/h6-10H,1-5H3/t6?,7-,8+,9?,10+/m1/s1. The number of fused-ring (bicyclic) bond motifs is 3. The van der Waals surface area contributed by atoms with Crippen LogP contribution in [0.1, 0.15) is 34.6 Å². The molecule has 3 heterocycles. The second kappa shape index (κ2) is 3.42. The van der Waals surface area contributed by atoms with Gasteiger partial charge in [-0.2, -0.15) is 0 Å². The van der Waals surface area contributed by atoms with Gasteiger partial charge in [-0.25, -0.2) is 0 Å². The molecule has 3 rings (SSSR count). The van der Waals surface area contributed by atoms with E-state index in [4.69, 9.17) is 23.7 Å².